The summed E-state index contributed by atoms with van der Waals surface area (Å²) in [6, 6.07) is 16.0. The fourth-order valence-corrected chi connectivity index (χ4v) is 4.82. The second kappa shape index (κ2) is 8.48. The molecule has 1 aromatic carbocycles. The van der Waals surface area contributed by atoms with E-state index in [-0.39, 0.29) is 12.1 Å². The zero-order chi connectivity index (χ0) is 23.1. The van der Waals surface area contributed by atoms with Crippen LogP contribution < -0.4 is 5.32 Å². The van der Waals surface area contributed by atoms with Crippen molar-refractivity contribution in [2.75, 3.05) is 13.1 Å². The summed E-state index contributed by atoms with van der Waals surface area (Å²) in [7, 11) is 0. The van der Waals surface area contributed by atoms with Crippen LogP contribution in [0.4, 0.5) is 0 Å². The summed E-state index contributed by atoms with van der Waals surface area (Å²) in [6.07, 6.45) is 3.51. The molecule has 168 valence electrons. The van der Waals surface area contributed by atoms with Gasteiger partial charge >= 0.3 is 5.97 Å². The van der Waals surface area contributed by atoms with Crippen molar-refractivity contribution in [1.29, 1.82) is 0 Å². The van der Waals surface area contributed by atoms with Gasteiger partial charge in [0.2, 0.25) is 0 Å². The lowest BCUT2D eigenvalue weighted by Crippen LogP contribution is -2.49. The average Bonchev–Trinajstić information content (AvgIpc) is 3.51. The highest BCUT2D eigenvalue weighted by atomic mass is 32.1. The molecule has 0 spiro atoms. The van der Waals surface area contributed by atoms with Gasteiger partial charge in [0.05, 0.1) is 34.5 Å². The molecule has 5 heterocycles. The summed E-state index contributed by atoms with van der Waals surface area (Å²) in [5.41, 5.74) is 6.95. The minimum atomic E-state index is -0.277. The number of hydrogen-bond acceptors (Lipinski definition) is 7. The minimum absolute atomic E-state index is 0.0291. The number of nitrogens with one attached hydrogen (secondary N) is 2. The Bertz CT molecular complexity index is 1520. The molecule has 0 saturated carbocycles. The summed E-state index contributed by atoms with van der Waals surface area (Å²) in [6.45, 7) is 3.41. The van der Waals surface area contributed by atoms with Crippen molar-refractivity contribution in [3.05, 3.63) is 77.7 Å². The van der Waals surface area contributed by atoms with Crippen LogP contribution in [0.2, 0.25) is 0 Å². The molecule has 1 fully saturated rings. The second-order valence-corrected chi connectivity index (χ2v) is 9.22. The highest BCUT2D eigenvalue weighted by molar-refractivity contribution is 7.13. The van der Waals surface area contributed by atoms with E-state index in [1.54, 1.807) is 6.33 Å². The number of rotatable bonds is 5. The van der Waals surface area contributed by atoms with Crippen molar-refractivity contribution in [2.45, 2.75) is 13.0 Å². The number of ether oxygens (including phenoxy) is 1. The summed E-state index contributed by atoms with van der Waals surface area (Å²) in [5.74, 6) is -0.277. The first-order valence-corrected chi connectivity index (χ1v) is 11.9. The van der Waals surface area contributed by atoms with E-state index in [4.69, 9.17) is 4.74 Å². The number of aryl methyl sites for hydroxylation is 1. The monoisotopic (exact) mass is 467 g/mol. The maximum atomic E-state index is 12.4. The molecule has 0 bridgehead atoms. The van der Waals surface area contributed by atoms with E-state index in [9.17, 15) is 4.79 Å². The lowest BCUT2D eigenvalue weighted by molar-refractivity contribution is 0.0170. The molecule has 7 nitrogen and oxygen atoms in total. The predicted octanol–water partition coefficient (Wildman–Crippen LogP) is 4.85. The van der Waals surface area contributed by atoms with Crippen LogP contribution in [0.25, 0.3) is 44.0 Å². The summed E-state index contributed by atoms with van der Waals surface area (Å²) >= 11 is 1.51. The van der Waals surface area contributed by atoms with Crippen molar-refractivity contribution in [1.82, 2.24) is 25.3 Å². The molecule has 1 aliphatic rings. The Labute approximate surface area is 199 Å². The first-order chi connectivity index (χ1) is 16.6. The molecule has 0 aliphatic carbocycles. The Morgan fingerprint density at radius 3 is 2.79 bits per heavy atom. The van der Waals surface area contributed by atoms with Crippen molar-refractivity contribution in [2.24, 2.45) is 0 Å². The van der Waals surface area contributed by atoms with E-state index in [1.165, 1.54) is 11.3 Å². The Morgan fingerprint density at radius 1 is 1.09 bits per heavy atom. The maximum Gasteiger partial charge on any atom is 0.339 e. The SMILES string of the molecule is Cc1cccc(-c2[nH]cnc2-c2ccc3ncc(-c4cc(C(=O)OC5CNC5)cs4)cc3c2)n1. The first kappa shape index (κ1) is 20.7. The fourth-order valence-electron chi connectivity index (χ4n) is 3.96. The van der Waals surface area contributed by atoms with Gasteiger partial charge in [-0.2, -0.15) is 0 Å². The number of imidazole rings is 1. The molecule has 6 rings (SSSR count). The summed E-state index contributed by atoms with van der Waals surface area (Å²) < 4.78 is 5.48. The van der Waals surface area contributed by atoms with Gasteiger partial charge in [0, 0.05) is 51.8 Å². The number of hydrogen-bond donors (Lipinski definition) is 2. The Hall–Kier alpha value is -3.88. The largest absolute Gasteiger partial charge is 0.456 e. The van der Waals surface area contributed by atoms with Crippen LogP contribution >= 0.6 is 11.3 Å². The average molecular weight is 468 g/mol. The second-order valence-electron chi connectivity index (χ2n) is 8.31. The number of benzene rings is 1. The molecule has 2 N–H and O–H groups in total. The maximum absolute atomic E-state index is 12.4. The number of esters is 1. The number of carbonyl (C=O) groups excluding carboxylic acids is 1. The van der Waals surface area contributed by atoms with Crippen LogP contribution in [0.15, 0.2) is 66.4 Å². The third-order valence-corrected chi connectivity index (χ3v) is 6.86. The minimum Gasteiger partial charge on any atom is -0.456 e. The van der Waals surface area contributed by atoms with Crippen LogP contribution in [0.5, 0.6) is 0 Å². The van der Waals surface area contributed by atoms with E-state index >= 15 is 0 Å². The zero-order valence-corrected chi connectivity index (χ0v) is 19.2. The normalized spacial score (nSPS) is 13.7. The number of carbonyl (C=O) groups is 1. The molecule has 1 saturated heterocycles. The molecule has 34 heavy (non-hydrogen) atoms. The number of nitrogens with zero attached hydrogens (tertiary/aromatic N) is 3. The van der Waals surface area contributed by atoms with Gasteiger partial charge in [-0.1, -0.05) is 12.1 Å². The van der Waals surface area contributed by atoms with Crippen molar-refractivity contribution in [3.8, 4) is 33.1 Å². The number of aromatic nitrogens is 4. The summed E-state index contributed by atoms with van der Waals surface area (Å²) in [4.78, 5) is 30.4. The van der Waals surface area contributed by atoms with Gasteiger partial charge in [-0.05, 0) is 43.3 Å². The molecule has 0 unspecified atom stereocenters. The number of aromatic amines is 1. The number of H-pyrrole nitrogens is 1. The Kier molecular flexibility index (Phi) is 5.16. The van der Waals surface area contributed by atoms with Gasteiger partial charge in [0.15, 0.2) is 0 Å². The van der Waals surface area contributed by atoms with Gasteiger partial charge in [0.1, 0.15) is 6.10 Å². The van der Waals surface area contributed by atoms with Crippen molar-refractivity contribution >= 4 is 28.2 Å². The van der Waals surface area contributed by atoms with Crippen LogP contribution in [0.1, 0.15) is 16.1 Å². The zero-order valence-electron chi connectivity index (χ0n) is 18.4. The third-order valence-electron chi connectivity index (χ3n) is 5.88. The molecular formula is C26H21N5O2S. The van der Waals surface area contributed by atoms with E-state index in [2.05, 4.69) is 37.4 Å². The molecule has 0 radical (unpaired) electrons. The fraction of sp³-hybridized carbons (Fsp3) is 0.154. The van der Waals surface area contributed by atoms with Gasteiger partial charge in [-0.15, -0.1) is 11.3 Å². The highest BCUT2D eigenvalue weighted by Crippen LogP contribution is 2.33. The molecule has 1 aliphatic heterocycles. The first-order valence-electron chi connectivity index (χ1n) is 11.0. The third kappa shape index (κ3) is 3.87. The Balaban J connectivity index is 1.32. The van der Waals surface area contributed by atoms with Gasteiger partial charge in [-0.3, -0.25) is 9.97 Å². The van der Waals surface area contributed by atoms with Gasteiger partial charge in [0.25, 0.3) is 0 Å². The van der Waals surface area contributed by atoms with Gasteiger partial charge in [-0.25, -0.2) is 9.78 Å². The van der Waals surface area contributed by atoms with E-state index < -0.39 is 0 Å². The van der Waals surface area contributed by atoms with E-state index in [0.29, 0.717) is 5.56 Å². The van der Waals surface area contributed by atoms with Crippen molar-refractivity contribution in [3.63, 3.8) is 0 Å². The molecule has 4 aromatic heterocycles. The van der Waals surface area contributed by atoms with E-state index in [0.717, 1.165) is 62.8 Å². The summed E-state index contributed by atoms with van der Waals surface area (Å²) in [5, 5.41) is 5.94. The molecule has 5 aromatic rings. The van der Waals surface area contributed by atoms with Crippen LogP contribution in [-0.2, 0) is 4.74 Å². The van der Waals surface area contributed by atoms with E-state index in [1.807, 2.05) is 54.9 Å². The lowest BCUT2D eigenvalue weighted by atomic mass is 10.0. The lowest BCUT2D eigenvalue weighted by Gasteiger charge is -2.26. The Morgan fingerprint density at radius 2 is 1.97 bits per heavy atom. The quantitative estimate of drug-likeness (QED) is 0.359. The topological polar surface area (TPSA) is 92.8 Å². The van der Waals surface area contributed by atoms with Crippen molar-refractivity contribution < 1.29 is 9.53 Å². The van der Waals surface area contributed by atoms with Gasteiger partial charge < -0.3 is 15.0 Å². The molecule has 0 atom stereocenters. The smallest absolute Gasteiger partial charge is 0.339 e. The predicted molar refractivity (Wildman–Crippen MR) is 133 cm³/mol. The van der Waals surface area contributed by atoms with Crippen LogP contribution in [-0.4, -0.2) is 45.1 Å². The van der Waals surface area contributed by atoms with Crippen LogP contribution in [0.3, 0.4) is 0 Å². The molecular weight excluding hydrogens is 446 g/mol. The standard InChI is InChI=1S/C26H21N5O2S/c1-15-3-2-4-22(31-15)25-24(29-14-30-25)16-5-6-21-17(7-16)8-18(10-28-21)23-9-19(13-34-23)26(32)33-20-11-27-12-20/h2-10,13-14,20,27H,11-12H2,1H3,(H,29,30). The molecule has 8 heteroatoms. The number of pyridine rings is 2. The van der Waals surface area contributed by atoms with Crippen LogP contribution in [0, 0.1) is 6.92 Å². The molecule has 0 amide bonds. The highest BCUT2D eigenvalue weighted by Gasteiger charge is 2.22. The number of thiophene rings is 1. The number of fused-ring (bicyclic) bond motifs is 1.